The molecule has 0 saturated heterocycles. The van der Waals surface area contributed by atoms with Crippen molar-refractivity contribution < 1.29 is 8.42 Å². The van der Waals surface area contributed by atoms with Crippen molar-refractivity contribution in [2.24, 2.45) is 5.92 Å². The number of hydrogen-bond donors (Lipinski definition) is 1. The second-order valence-electron chi connectivity index (χ2n) is 4.00. The first-order chi connectivity index (χ1) is 7.02. The highest BCUT2D eigenvalue weighted by atomic mass is 35.5. The molecule has 0 radical (unpaired) electrons. The van der Waals surface area contributed by atoms with Gasteiger partial charge in [0.05, 0.1) is 5.75 Å². The molecule has 1 N–H and O–H groups in total. The Morgan fingerprint density at radius 3 is 2.47 bits per heavy atom. The molecule has 0 rings (SSSR count). The van der Waals surface area contributed by atoms with Crippen LogP contribution in [-0.2, 0) is 10.0 Å². The van der Waals surface area contributed by atoms with E-state index in [-0.39, 0.29) is 11.7 Å². The van der Waals surface area contributed by atoms with E-state index in [9.17, 15) is 8.42 Å². The maximum atomic E-state index is 11.5. The Morgan fingerprint density at radius 2 is 1.93 bits per heavy atom. The molecular weight excluding hydrogens is 234 g/mol. The van der Waals surface area contributed by atoms with Gasteiger partial charge < -0.3 is 0 Å². The number of halogens is 1. The van der Waals surface area contributed by atoms with E-state index in [1.54, 1.807) is 0 Å². The third kappa shape index (κ3) is 9.15. The van der Waals surface area contributed by atoms with E-state index in [2.05, 4.69) is 11.6 Å². The Labute approximate surface area is 98.6 Å². The molecule has 0 fully saturated rings. The summed E-state index contributed by atoms with van der Waals surface area (Å²) in [6.45, 7) is 4.52. The van der Waals surface area contributed by atoms with Crippen LogP contribution in [0.25, 0.3) is 0 Å². The average molecular weight is 256 g/mol. The lowest BCUT2D eigenvalue weighted by atomic mass is 10.2. The Hall–Kier alpha value is 0.200. The molecule has 0 aliphatic carbocycles. The lowest BCUT2D eigenvalue weighted by Crippen LogP contribution is -2.30. The topological polar surface area (TPSA) is 46.2 Å². The van der Waals surface area contributed by atoms with E-state index in [0.717, 1.165) is 19.3 Å². The normalized spacial score (nSPS) is 14.1. The zero-order valence-electron chi connectivity index (χ0n) is 9.63. The second kappa shape index (κ2) is 8.36. The van der Waals surface area contributed by atoms with Crippen molar-refractivity contribution in [2.75, 3.05) is 18.2 Å². The van der Waals surface area contributed by atoms with Crippen molar-refractivity contribution in [1.29, 1.82) is 0 Å². The highest BCUT2D eigenvalue weighted by Gasteiger charge is 2.13. The fourth-order valence-corrected chi connectivity index (χ4v) is 2.94. The average Bonchev–Trinajstić information content (AvgIpc) is 2.16. The van der Waals surface area contributed by atoms with Crippen LogP contribution in [0.4, 0.5) is 0 Å². The summed E-state index contributed by atoms with van der Waals surface area (Å²) in [4.78, 5) is 0. The van der Waals surface area contributed by atoms with Gasteiger partial charge in [-0.2, -0.15) is 0 Å². The van der Waals surface area contributed by atoms with Gasteiger partial charge in [0.25, 0.3) is 0 Å². The van der Waals surface area contributed by atoms with Crippen molar-refractivity contribution in [3.63, 3.8) is 0 Å². The van der Waals surface area contributed by atoms with E-state index < -0.39 is 10.0 Å². The third-order valence-electron chi connectivity index (χ3n) is 2.12. The molecule has 0 heterocycles. The van der Waals surface area contributed by atoms with Crippen LogP contribution in [-0.4, -0.2) is 26.6 Å². The van der Waals surface area contributed by atoms with Crippen LogP contribution >= 0.6 is 11.6 Å². The van der Waals surface area contributed by atoms with Gasteiger partial charge in [-0.15, -0.1) is 11.6 Å². The van der Waals surface area contributed by atoms with Crippen molar-refractivity contribution in [2.45, 2.75) is 39.5 Å². The molecule has 0 aromatic rings. The number of nitrogens with one attached hydrogen (secondary N) is 1. The van der Waals surface area contributed by atoms with E-state index in [1.807, 2.05) is 6.92 Å². The molecule has 92 valence electrons. The van der Waals surface area contributed by atoms with Crippen LogP contribution in [0.1, 0.15) is 39.5 Å². The molecule has 0 aromatic heterocycles. The summed E-state index contributed by atoms with van der Waals surface area (Å²) >= 11 is 5.57. The molecule has 5 heteroatoms. The lowest BCUT2D eigenvalue weighted by Gasteiger charge is -2.09. The molecule has 0 aliphatic heterocycles. The minimum atomic E-state index is -3.11. The fraction of sp³-hybridized carbons (Fsp3) is 1.00. The summed E-state index contributed by atoms with van der Waals surface area (Å²) < 4.78 is 25.5. The monoisotopic (exact) mass is 255 g/mol. The number of rotatable bonds is 9. The molecule has 15 heavy (non-hydrogen) atoms. The number of hydrogen-bond acceptors (Lipinski definition) is 2. The minimum absolute atomic E-state index is 0.0137. The SMILES string of the molecule is CCCCCCNS(=O)(=O)CC(C)CCl. The van der Waals surface area contributed by atoms with E-state index >= 15 is 0 Å². The van der Waals surface area contributed by atoms with Gasteiger partial charge in [-0.3, -0.25) is 0 Å². The van der Waals surface area contributed by atoms with Gasteiger partial charge in [0.2, 0.25) is 10.0 Å². The van der Waals surface area contributed by atoms with Crippen LogP contribution in [0.3, 0.4) is 0 Å². The highest BCUT2D eigenvalue weighted by molar-refractivity contribution is 7.89. The first kappa shape index (κ1) is 15.2. The maximum Gasteiger partial charge on any atom is 0.211 e. The molecule has 0 amide bonds. The molecule has 0 spiro atoms. The summed E-state index contributed by atoms with van der Waals surface area (Å²) in [5.41, 5.74) is 0. The van der Waals surface area contributed by atoms with E-state index in [1.165, 1.54) is 6.42 Å². The van der Waals surface area contributed by atoms with Crippen LogP contribution in [0.15, 0.2) is 0 Å². The van der Waals surface area contributed by atoms with Crippen LogP contribution in [0.5, 0.6) is 0 Å². The summed E-state index contributed by atoms with van der Waals surface area (Å²) in [5.74, 6) is 0.529. The Kier molecular flexibility index (Phi) is 8.47. The molecule has 1 atom stereocenters. The van der Waals surface area contributed by atoms with Crippen molar-refractivity contribution in [3.8, 4) is 0 Å². The molecule has 0 aliphatic rings. The van der Waals surface area contributed by atoms with Gasteiger partial charge in [-0.25, -0.2) is 13.1 Å². The van der Waals surface area contributed by atoms with Gasteiger partial charge in [0, 0.05) is 12.4 Å². The van der Waals surface area contributed by atoms with Gasteiger partial charge in [-0.1, -0.05) is 33.1 Å². The molecule has 3 nitrogen and oxygen atoms in total. The molecule has 0 saturated carbocycles. The zero-order chi connectivity index (χ0) is 11.7. The molecular formula is C10H22ClNO2S. The predicted molar refractivity (Wildman–Crippen MR) is 65.8 cm³/mol. The Bertz CT molecular complexity index is 242. The number of sulfonamides is 1. The highest BCUT2D eigenvalue weighted by Crippen LogP contribution is 2.03. The molecule has 1 unspecified atom stereocenters. The Balaban J connectivity index is 3.65. The maximum absolute atomic E-state index is 11.5. The smallest absolute Gasteiger partial charge is 0.211 e. The first-order valence-electron chi connectivity index (χ1n) is 5.55. The van der Waals surface area contributed by atoms with Gasteiger partial charge >= 0.3 is 0 Å². The minimum Gasteiger partial charge on any atom is -0.215 e. The standard InChI is InChI=1S/C10H22ClNO2S/c1-3-4-5-6-7-12-15(13,14)9-10(2)8-11/h10,12H,3-9H2,1-2H3. The predicted octanol–water partition coefficient (Wildman–Crippen LogP) is 2.36. The lowest BCUT2D eigenvalue weighted by molar-refractivity contribution is 0.562. The van der Waals surface area contributed by atoms with Crippen molar-refractivity contribution in [3.05, 3.63) is 0 Å². The van der Waals surface area contributed by atoms with E-state index in [4.69, 9.17) is 11.6 Å². The van der Waals surface area contributed by atoms with E-state index in [0.29, 0.717) is 12.4 Å². The van der Waals surface area contributed by atoms with Gasteiger partial charge in [0.15, 0.2) is 0 Å². The van der Waals surface area contributed by atoms with Crippen molar-refractivity contribution in [1.82, 2.24) is 4.72 Å². The largest absolute Gasteiger partial charge is 0.215 e. The summed E-state index contributed by atoms with van der Waals surface area (Å²) in [6.07, 6.45) is 4.34. The summed E-state index contributed by atoms with van der Waals surface area (Å²) in [6, 6.07) is 0. The van der Waals surface area contributed by atoms with Crippen molar-refractivity contribution >= 4 is 21.6 Å². The fourth-order valence-electron chi connectivity index (χ4n) is 1.26. The van der Waals surface area contributed by atoms with Crippen LogP contribution in [0, 0.1) is 5.92 Å². The summed E-state index contributed by atoms with van der Waals surface area (Å²) in [5, 5.41) is 0. The molecule has 0 bridgehead atoms. The Morgan fingerprint density at radius 1 is 1.27 bits per heavy atom. The number of alkyl halides is 1. The summed E-state index contributed by atoms with van der Waals surface area (Å²) in [7, 11) is -3.11. The van der Waals surface area contributed by atoms with Crippen LogP contribution < -0.4 is 4.72 Å². The quantitative estimate of drug-likeness (QED) is 0.508. The number of unbranched alkanes of at least 4 members (excludes halogenated alkanes) is 3. The first-order valence-corrected chi connectivity index (χ1v) is 7.73. The van der Waals surface area contributed by atoms with Crippen LogP contribution in [0.2, 0.25) is 0 Å². The molecule has 0 aromatic carbocycles. The second-order valence-corrected chi connectivity index (χ2v) is 6.16. The van der Waals surface area contributed by atoms with Gasteiger partial charge in [-0.05, 0) is 12.3 Å². The van der Waals surface area contributed by atoms with Gasteiger partial charge in [0.1, 0.15) is 0 Å². The zero-order valence-corrected chi connectivity index (χ0v) is 11.2. The third-order valence-corrected chi connectivity index (χ3v) is 4.30.